The zero-order valence-corrected chi connectivity index (χ0v) is 16.1. The molecular weight excluding hydrogens is 431 g/mol. The molecule has 0 atom stereocenters. The monoisotopic (exact) mass is 445 g/mol. The Hall–Kier alpha value is -4.41. The van der Waals surface area contributed by atoms with E-state index < -0.39 is 29.5 Å². The third-order valence-electron chi connectivity index (χ3n) is 3.89. The molecule has 0 saturated heterocycles. The number of rotatable bonds is 5. The van der Waals surface area contributed by atoms with Crippen LogP contribution < -0.4 is 15.5 Å². The third-order valence-corrected chi connectivity index (χ3v) is 3.89. The van der Waals surface area contributed by atoms with Gasteiger partial charge in [0.2, 0.25) is 5.76 Å². The van der Waals surface area contributed by atoms with Gasteiger partial charge in [-0.05, 0) is 48.5 Å². The average molecular weight is 445 g/mol. The molecule has 0 spiro atoms. The number of nitrogens with zero attached hydrogens (tertiary/aromatic N) is 1. The van der Waals surface area contributed by atoms with E-state index in [1.54, 1.807) is 18.2 Å². The Balaban J connectivity index is 1.58. The molecule has 0 bridgehead atoms. The minimum atomic E-state index is -4.52. The van der Waals surface area contributed by atoms with Crippen LogP contribution in [0.15, 0.2) is 76.4 Å². The third kappa shape index (κ3) is 5.81. The number of ether oxygens (including phenoxy) is 1. The molecule has 164 valence electrons. The van der Waals surface area contributed by atoms with Gasteiger partial charge in [-0.25, -0.2) is 10.2 Å². The first-order valence-corrected chi connectivity index (χ1v) is 8.90. The van der Waals surface area contributed by atoms with E-state index in [-0.39, 0.29) is 17.2 Å². The van der Waals surface area contributed by atoms with Crippen LogP contribution >= 0.6 is 0 Å². The molecule has 0 unspecified atom stereocenters. The van der Waals surface area contributed by atoms with Gasteiger partial charge in [0.1, 0.15) is 5.75 Å². The maximum absolute atomic E-state index is 12.6. The zero-order valence-electron chi connectivity index (χ0n) is 16.1. The molecule has 32 heavy (non-hydrogen) atoms. The minimum absolute atomic E-state index is 0.00249. The summed E-state index contributed by atoms with van der Waals surface area (Å²) in [5.74, 6) is -2.92. The first kappa shape index (κ1) is 22.3. The lowest BCUT2D eigenvalue weighted by Crippen LogP contribution is -2.32. The van der Waals surface area contributed by atoms with Crippen molar-refractivity contribution in [2.24, 2.45) is 5.10 Å². The molecule has 0 aliphatic heterocycles. The summed E-state index contributed by atoms with van der Waals surface area (Å²) in [4.78, 5) is 35.8. The Morgan fingerprint density at radius 2 is 1.66 bits per heavy atom. The molecule has 2 amide bonds. The molecule has 0 saturated carbocycles. The van der Waals surface area contributed by atoms with Crippen molar-refractivity contribution >= 4 is 29.7 Å². The number of carbonyl (C=O) groups excluding carboxylic acids is 3. The van der Waals surface area contributed by atoms with Crippen LogP contribution in [0.4, 0.5) is 18.9 Å². The number of carbonyl (C=O) groups is 3. The Kier molecular flexibility index (Phi) is 6.68. The van der Waals surface area contributed by atoms with Gasteiger partial charge < -0.3 is 14.5 Å². The zero-order chi connectivity index (χ0) is 23.1. The van der Waals surface area contributed by atoms with E-state index >= 15 is 0 Å². The number of alkyl halides is 3. The highest BCUT2D eigenvalue weighted by molar-refractivity contribution is 6.39. The number of furan rings is 1. The Morgan fingerprint density at radius 1 is 0.938 bits per heavy atom. The van der Waals surface area contributed by atoms with Crippen molar-refractivity contribution in [3.63, 3.8) is 0 Å². The van der Waals surface area contributed by atoms with Gasteiger partial charge in [0.15, 0.2) is 0 Å². The highest BCUT2D eigenvalue weighted by Gasteiger charge is 2.30. The van der Waals surface area contributed by atoms with E-state index in [2.05, 4.69) is 10.4 Å². The highest BCUT2D eigenvalue weighted by Crippen LogP contribution is 2.29. The van der Waals surface area contributed by atoms with Crippen LogP contribution in [-0.2, 0) is 15.8 Å². The lowest BCUT2D eigenvalue weighted by atomic mass is 10.2. The van der Waals surface area contributed by atoms with E-state index in [1.807, 2.05) is 5.43 Å². The smallest absolute Gasteiger partial charge is 0.416 e. The maximum atomic E-state index is 12.6. The first-order valence-electron chi connectivity index (χ1n) is 8.90. The highest BCUT2D eigenvalue weighted by atomic mass is 19.4. The van der Waals surface area contributed by atoms with Gasteiger partial charge in [-0.2, -0.15) is 18.3 Å². The van der Waals surface area contributed by atoms with Crippen molar-refractivity contribution < 1.29 is 36.7 Å². The Morgan fingerprint density at radius 3 is 2.31 bits per heavy atom. The molecule has 2 N–H and O–H groups in total. The van der Waals surface area contributed by atoms with Crippen molar-refractivity contribution in [1.82, 2.24) is 5.43 Å². The standard InChI is InChI=1S/C21H14F3N3O5/c22-21(23,24)14-7-9-15(10-8-14)26-18(28)19(29)27-25-12-13-4-1-2-5-16(13)32-20(30)17-6-3-11-31-17/h1-12H,(H,26,28)(H,27,29). The molecule has 2 aromatic carbocycles. The summed E-state index contributed by atoms with van der Waals surface area (Å²) >= 11 is 0. The Bertz CT molecular complexity index is 1140. The lowest BCUT2D eigenvalue weighted by Gasteiger charge is -2.08. The van der Waals surface area contributed by atoms with E-state index in [9.17, 15) is 27.6 Å². The second kappa shape index (κ2) is 9.60. The number of anilines is 1. The number of para-hydroxylation sites is 1. The summed E-state index contributed by atoms with van der Waals surface area (Å²) in [5, 5.41) is 5.78. The molecule has 8 nitrogen and oxygen atoms in total. The molecule has 11 heteroatoms. The average Bonchev–Trinajstić information content (AvgIpc) is 3.29. The van der Waals surface area contributed by atoms with Gasteiger partial charge in [-0.1, -0.05) is 12.1 Å². The van der Waals surface area contributed by atoms with Gasteiger partial charge >= 0.3 is 24.0 Å². The second-order valence-electron chi connectivity index (χ2n) is 6.13. The summed E-state index contributed by atoms with van der Waals surface area (Å²) in [7, 11) is 0. The molecule has 1 aromatic heterocycles. The molecule has 0 aliphatic carbocycles. The predicted molar refractivity (Wildman–Crippen MR) is 106 cm³/mol. The Labute approximate surface area is 178 Å². The normalized spacial score (nSPS) is 11.2. The van der Waals surface area contributed by atoms with Gasteiger partial charge in [0, 0.05) is 11.3 Å². The number of halogens is 3. The molecule has 3 rings (SSSR count). The number of hydrogen-bond donors (Lipinski definition) is 2. The fraction of sp³-hybridized carbons (Fsp3) is 0.0476. The van der Waals surface area contributed by atoms with Gasteiger partial charge in [-0.3, -0.25) is 9.59 Å². The summed E-state index contributed by atoms with van der Waals surface area (Å²) in [6, 6.07) is 12.8. The van der Waals surface area contributed by atoms with E-state index in [0.29, 0.717) is 5.56 Å². The predicted octanol–water partition coefficient (Wildman–Crippen LogP) is 3.61. The summed E-state index contributed by atoms with van der Waals surface area (Å²) < 4.78 is 47.8. The van der Waals surface area contributed by atoms with Crippen molar-refractivity contribution in [1.29, 1.82) is 0 Å². The number of hydrazone groups is 1. The van der Waals surface area contributed by atoms with Gasteiger partial charge in [0.25, 0.3) is 0 Å². The van der Waals surface area contributed by atoms with Crippen molar-refractivity contribution in [3.05, 3.63) is 83.8 Å². The number of nitrogens with one attached hydrogen (secondary N) is 2. The van der Waals surface area contributed by atoms with Crippen LogP contribution in [0.25, 0.3) is 0 Å². The van der Waals surface area contributed by atoms with Crippen LogP contribution in [0.1, 0.15) is 21.7 Å². The van der Waals surface area contributed by atoms with Crippen LogP contribution in [0.2, 0.25) is 0 Å². The maximum Gasteiger partial charge on any atom is 0.416 e. The van der Waals surface area contributed by atoms with Crippen LogP contribution in [0.3, 0.4) is 0 Å². The number of esters is 1. The quantitative estimate of drug-likeness (QED) is 0.205. The fourth-order valence-corrected chi connectivity index (χ4v) is 2.37. The molecule has 0 fully saturated rings. The van der Waals surface area contributed by atoms with E-state index in [0.717, 1.165) is 30.5 Å². The van der Waals surface area contributed by atoms with E-state index in [4.69, 9.17) is 9.15 Å². The van der Waals surface area contributed by atoms with Gasteiger partial charge in [0.05, 0.1) is 18.0 Å². The molecular formula is C21H14F3N3O5. The fourth-order valence-electron chi connectivity index (χ4n) is 2.37. The lowest BCUT2D eigenvalue weighted by molar-refractivity contribution is -0.137. The first-order chi connectivity index (χ1) is 15.2. The largest absolute Gasteiger partial charge is 0.457 e. The molecule has 0 radical (unpaired) electrons. The van der Waals surface area contributed by atoms with Crippen molar-refractivity contribution in [2.75, 3.05) is 5.32 Å². The number of amides is 2. The molecule has 1 heterocycles. The van der Waals surface area contributed by atoms with Crippen LogP contribution in [-0.4, -0.2) is 24.0 Å². The summed E-state index contributed by atoms with van der Waals surface area (Å²) in [5.41, 5.74) is 1.39. The van der Waals surface area contributed by atoms with E-state index in [1.165, 1.54) is 24.5 Å². The molecule has 3 aromatic rings. The number of hydrogen-bond acceptors (Lipinski definition) is 6. The topological polar surface area (TPSA) is 110 Å². The SMILES string of the molecule is O=C(NN=Cc1ccccc1OC(=O)c1ccco1)C(=O)Nc1ccc(C(F)(F)F)cc1. The van der Waals surface area contributed by atoms with Crippen LogP contribution in [0.5, 0.6) is 5.75 Å². The number of benzene rings is 2. The van der Waals surface area contributed by atoms with Gasteiger partial charge in [-0.15, -0.1) is 0 Å². The summed E-state index contributed by atoms with van der Waals surface area (Å²) in [6.45, 7) is 0. The van der Waals surface area contributed by atoms with Crippen molar-refractivity contribution in [3.8, 4) is 5.75 Å². The summed E-state index contributed by atoms with van der Waals surface area (Å²) in [6.07, 6.45) is -2.06. The van der Waals surface area contributed by atoms with Crippen molar-refractivity contribution in [2.45, 2.75) is 6.18 Å². The van der Waals surface area contributed by atoms with Crippen LogP contribution in [0, 0.1) is 0 Å². The second-order valence-corrected chi connectivity index (χ2v) is 6.13. The minimum Gasteiger partial charge on any atom is -0.457 e. The molecule has 0 aliphatic rings.